The lowest BCUT2D eigenvalue weighted by Crippen LogP contribution is -1.85. The fourth-order valence-electron chi connectivity index (χ4n) is 2.88. The summed E-state index contributed by atoms with van der Waals surface area (Å²) in [6.45, 7) is 0. The summed E-state index contributed by atoms with van der Waals surface area (Å²) < 4.78 is 3.09. The van der Waals surface area contributed by atoms with E-state index in [1.807, 2.05) is 91.0 Å². The summed E-state index contributed by atoms with van der Waals surface area (Å²) in [5.41, 5.74) is 5.48. The second-order valence-electron chi connectivity index (χ2n) is 7.07. The van der Waals surface area contributed by atoms with Crippen molar-refractivity contribution in [3.63, 3.8) is 0 Å². The Kier molecular flexibility index (Phi) is 7.88. The van der Waals surface area contributed by atoms with Gasteiger partial charge in [-0.3, -0.25) is 0 Å². The number of halogens is 3. The highest BCUT2D eigenvalue weighted by atomic mass is 79.9. The molecule has 156 valence electrons. The van der Waals surface area contributed by atoms with E-state index in [4.69, 9.17) is 0 Å². The van der Waals surface area contributed by atoms with Crippen LogP contribution in [0, 0.1) is 35.5 Å². The third kappa shape index (κ3) is 7.25. The normalized spacial score (nSPS) is 9.55. The third-order valence-corrected chi connectivity index (χ3v) is 6.11. The van der Waals surface area contributed by atoms with Crippen LogP contribution in [0.5, 0.6) is 0 Å². The predicted octanol–water partition coefficient (Wildman–Crippen LogP) is 8.17. The van der Waals surface area contributed by atoms with E-state index in [-0.39, 0.29) is 0 Å². The van der Waals surface area contributed by atoms with Crippen molar-refractivity contribution in [2.75, 3.05) is 0 Å². The van der Waals surface area contributed by atoms with Gasteiger partial charge in [-0.1, -0.05) is 83.3 Å². The first-order valence-electron chi connectivity index (χ1n) is 10.0. The molecule has 4 aromatic rings. The summed E-state index contributed by atoms with van der Waals surface area (Å²) in [5, 5.41) is 0. The molecule has 0 heterocycles. The first-order chi connectivity index (χ1) is 16.0. The molecule has 3 heteroatoms. The zero-order chi connectivity index (χ0) is 23.0. The lowest BCUT2D eigenvalue weighted by Gasteiger charge is -1.98. The molecule has 0 N–H and O–H groups in total. The van der Waals surface area contributed by atoms with Crippen molar-refractivity contribution in [2.45, 2.75) is 0 Å². The molecule has 0 aliphatic carbocycles. The Balaban J connectivity index is 1.70. The van der Waals surface area contributed by atoms with Gasteiger partial charge in [0.1, 0.15) is 0 Å². The van der Waals surface area contributed by atoms with Crippen LogP contribution in [0.25, 0.3) is 0 Å². The molecule has 4 rings (SSSR count). The van der Waals surface area contributed by atoms with Gasteiger partial charge in [-0.25, -0.2) is 0 Å². The van der Waals surface area contributed by atoms with Gasteiger partial charge in [-0.2, -0.15) is 0 Å². The van der Waals surface area contributed by atoms with Gasteiger partial charge in [-0.05, 0) is 91.0 Å². The van der Waals surface area contributed by atoms with Crippen LogP contribution < -0.4 is 0 Å². The zero-order valence-electron chi connectivity index (χ0n) is 17.3. The van der Waals surface area contributed by atoms with Crippen LogP contribution in [0.2, 0.25) is 0 Å². The Labute approximate surface area is 219 Å². The number of hydrogen-bond acceptors (Lipinski definition) is 0. The first kappa shape index (κ1) is 23.2. The van der Waals surface area contributed by atoms with Crippen molar-refractivity contribution < 1.29 is 0 Å². The molecule has 0 saturated carbocycles. The Morgan fingerprint density at radius 3 is 0.758 bits per heavy atom. The highest BCUT2D eigenvalue weighted by Gasteiger charge is 1.98. The molecule has 0 aliphatic rings. The van der Waals surface area contributed by atoms with Gasteiger partial charge in [0, 0.05) is 46.8 Å². The van der Waals surface area contributed by atoms with Crippen molar-refractivity contribution in [1.29, 1.82) is 0 Å². The van der Waals surface area contributed by atoms with Gasteiger partial charge in [0.05, 0.1) is 0 Å². The maximum Gasteiger partial charge on any atom is 0.0273 e. The minimum atomic E-state index is 0.876. The smallest absolute Gasteiger partial charge is 0.0273 e. The Morgan fingerprint density at radius 2 is 0.515 bits per heavy atom. The summed E-state index contributed by atoms with van der Waals surface area (Å²) in [5.74, 6) is 19.5. The van der Waals surface area contributed by atoms with Gasteiger partial charge in [0.2, 0.25) is 0 Å². The zero-order valence-corrected chi connectivity index (χ0v) is 22.1. The van der Waals surface area contributed by atoms with Gasteiger partial charge >= 0.3 is 0 Å². The lowest BCUT2D eigenvalue weighted by atomic mass is 10.0. The highest BCUT2D eigenvalue weighted by molar-refractivity contribution is 9.11. The number of benzene rings is 4. The summed E-state index contributed by atoms with van der Waals surface area (Å²) in [7, 11) is 0. The van der Waals surface area contributed by atoms with Gasteiger partial charge in [0.25, 0.3) is 0 Å². The van der Waals surface area contributed by atoms with E-state index >= 15 is 0 Å². The standard InChI is InChI=1S/C30H15Br3/c31-28-13-7-22(8-14-28)1-4-25-19-26(5-2-23-9-15-29(32)16-10-23)21-27(20-25)6-3-24-11-17-30(33)18-12-24/h7-21H. The minimum Gasteiger partial charge on any atom is -0.0617 e. The van der Waals surface area contributed by atoms with E-state index in [2.05, 4.69) is 83.3 Å². The van der Waals surface area contributed by atoms with Crippen molar-refractivity contribution in [2.24, 2.45) is 0 Å². The van der Waals surface area contributed by atoms with E-state index < -0.39 is 0 Å². The molecule has 0 unspecified atom stereocenters. The maximum absolute atomic E-state index is 3.46. The molecule has 0 spiro atoms. The van der Waals surface area contributed by atoms with Crippen molar-refractivity contribution in [3.8, 4) is 35.5 Å². The van der Waals surface area contributed by atoms with E-state index in [0.29, 0.717) is 0 Å². The number of hydrogen-bond donors (Lipinski definition) is 0. The second kappa shape index (κ2) is 11.2. The van der Waals surface area contributed by atoms with E-state index in [1.165, 1.54) is 0 Å². The van der Waals surface area contributed by atoms with Gasteiger partial charge < -0.3 is 0 Å². The molecule has 33 heavy (non-hydrogen) atoms. The second-order valence-corrected chi connectivity index (χ2v) is 9.82. The van der Waals surface area contributed by atoms with Crippen LogP contribution >= 0.6 is 47.8 Å². The molecule has 4 aromatic carbocycles. The van der Waals surface area contributed by atoms with Crippen molar-refractivity contribution in [1.82, 2.24) is 0 Å². The average molecular weight is 615 g/mol. The molecule has 0 atom stereocenters. The van der Waals surface area contributed by atoms with Crippen LogP contribution in [-0.4, -0.2) is 0 Å². The third-order valence-electron chi connectivity index (χ3n) is 4.52. The van der Waals surface area contributed by atoms with Crippen molar-refractivity contribution in [3.05, 3.63) is 138 Å². The predicted molar refractivity (Wildman–Crippen MR) is 147 cm³/mol. The molecule has 0 aromatic heterocycles. The summed E-state index contributed by atoms with van der Waals surface area (Å²) >= 11 is 10.4. The monoisotopic (exact) mass is 612 g/mol. The summed E-state index contributed by atoms with van der Waals surface area (Å²) in [6.07, 6.45) is 0. The molecular weight excluding hydrogens is 600 g/mol. The Bertz CT molecular complexity index is 1260. The van der Waals surface area contributed by atoms with E-state index in [0.717, 1.165) is 46.8 Å². The van der Waals surface area contributed by atoms with Crippen LogP contribution in [0.15, 0.2) is 104 Å². The fourth-order valence-corrected chi connectivity index (χ4v) is 3.67. The maximum atomic E-state index is 3.46. The first-order valence-corrected chi connectivity index (χ1v) is 12.4. The summed E-state index contributed by atoms with van der Waals surface area (Å²) in [6, 6.07) is 29.9. The molecule has 0 radical (unpaired) electrons. The molecule has 0 amide bonds. The van der Waals surface area contributed by atoms with Crippen LogP contribution in [0.3, 0.4) is 0 Å². The SMILES string of the molecule is Brc1ccc(C#Cc2cc(C#Cc3ccc(Br)cc3)cc(C#Cc3ccc(Br)cc3)c2)cc1. The quantitative estimate of drug-likeness (QED) is 0.175. The molecule has 0 aliphatic heterocycles. The largest absolute Gasteiger partial charge is 0.0617 e. The lowest BCUT2D eigenvalue weighted by molar-refractivity contribution is 1.54. The van der Waals surface area contributed by atoms with Gasteiger partial charge in [0.15, 0.2) is 0 Å². The fraction of sp³-hybridized carbons (Fsp3) is 0. The Morgan fingerprint density at radius 1 is 0.303 bits per heavy atom. The van der Waals surface area contributed by atoms with Gasteiger partial charge in [-0.15, -0.1) is 0 Å². The van der Waals surface area contributed by atoms with Crippen LogP contribution in [0.4, 0.5) is 0 Å². The molecule has 0 saturated heterocycles. The summed E-state index contributed by atoms with van der Waals surface area (Å²) in [4.78, 5) is 0. The number of rotatable bonds is 0. The van der Waals surface area contributed by atoms with Crippen LogP contribution in [-0.2, 0) is 0 Å². The molecular formula is C30H15Br3. The highest BCUT2D eigenvalue weighted by Crippen LogP contribution is 2.14. The minimum absolute atomic E-state index is 0.876. The molecule has 0 fully saturated rings. The molecule has 0 nitrogen and oxygen atoms in total. The van der Waals surface area contributed by atoms with E-state index in [1.54, 1.807) is 0 Å². The topological polar surface area (TPSA) is 0 Å². The Hall–Kier alpha value is -3.00. The average Bonchev–Trinajstić information content (AvgIpc) is 2.83. The van der Waals surface area contributed by atoms with Crippen LogP contribution in [0.1, 0.15) is 33.4 Å². The van der Waals surface area contributed by atoms with E-state index in [9.17, 15) is 0 Å². The molecule has 0 bridgehead atoms. The van der Waals surface area contributed by atoms with Crippen molar-refractivity contribution >= 4 is 47.8 Å².